The molecule has 2 heterocycles. The molecular weight excluding hydrogens is 324 g/mol. The number of aryl methyl sites for hydroxylation is 2. The molecule has 5 nitrogen and oxygen atoms in total. The Morgan fingerprint density at radius 3 is 2.65 bits per heavy atom. The van der Waals surface area contributed by atoms with Gasteiger partial charge in [-0.2, -0.15) is 5.10 Å². The number of aromatic nitrogens is 2. The largest absolute Gasteiger partial charge is 0.339 e. The highest BCUT2D eigenvalue weighted by Gasteiger charge is 2.23. The number of hydrogen-bond donors (Lipinski definition) is 1. The van der Waals surface area contributed by atoms with Gasteiger partial charge in [-0.1, -0.05) is 19.1 Å². The molecule has 26 heavy (non-hydrogen) atoms. The van der Waals surface area contributed by atoms with Crippen molar-refractivity contribution < 1.29 is 4.79 Å². The highest BCUT2D eigenvalue weighted by Crippen LogP contribution is 2.19. The summed E-state index contributed by atoms with van der Waals surface area (Å²) in [5.41, 5.74) is 4.07. The molecule has 0 bridgehead atoms. The second-order valence-corrected chi connectivity index (χ2v) is 7.33. The van der Waals surface area contributed by atoms with Crippen LogP contribution in [0.1, 0.15) is 47.1 Å². The first-order valence-corrected chi connectivity index (χ1v) is 9.66. The first-order valence-electron chi connectivity index (χ1n) is 9.66. The number of amides is 1. The standard InChI is InChI=1S/C21H30N4O/c1-4-22-14-18-8-10-24(11-9-18)21(26)20-7-5-6-19(13-20)15-25-17(3)12-16(2)23-25/h5-7,12-13,18,22H,4,8-11,14-15H2,1-3H3. The fourth-order valence-corrected chi connectivity index (χ4v) is 3.68. The van der Waals surface area contributed by atoms with Gasteiger partial charge >= 0.3 is 0 Å². The summed E-state index contributed by atoms with van der Waals surface area (Å²) in [7, 11) is 0. The van der Waals surface area contributed by atoms with E-state index < -0.39 is 0 Å². The van der Waals surface area contributed by atoms with Crippen molar-refractivity contribution in [3.63, 3.8) is 0 Å². The van der Waals surface area contributed by atoms with Crippen molar-refractivity contribution in [2.75, 3.05) is 26.2 Å². The van der Waals surface area contributed by atoms with E-state index in [0.29, 0.717) is 12.5 Å². The van der Waals surface area contributed by atoms with E-state index in [2.05, 4.69) is 36.4 Å². The van der Waals surface area contributed by atoms with Gasteiger partial charge in [-0.3, -0.25) is 9.48 Å². The van der Waals surface area contributed by atoms with Crippen LogP contribution in [0.5, 0.6) is 0 Å². The second kappa shape index (κ2) is 8.49. The summed E-state index contributed by atoms with van der Waals surface area (Å²) in [5.74, 6) is 0.846. The summed E-state index contributed by atoms with van der Waals surface area (Å²) in [5, 5.41) is 7.94. The third kappa shape index (κ3) is 4.52. The maximum absolute atomic E-state index is 12.9. The van der Waals surface area contributed by atoms with Crippen LogP contribution in [0.15, 0.2) is 30.3 Å². The van der Waals surface area contributed by atoms with Crippen LogP contribution in [0.4, 0.5) is 0 Å². The third-order valence-electron chi connectivity index (χ3n) is 5.19. The van der Waals surface area contributed by atoms with Crippen molar-refractivity contribution in [1.82, 2.24) is 20.0 Å². The van der Waals surface area contributed by atoms with Gasteiger partial charge < -0.3 is 10.2 Å². The molecule has 1 amide bonds. The first kappa shape index (κ1) is 18.6. The van der Waals surface area contributed by atoms with Crippen LogP contribution in [0.2, 0.25) is 0 Å². The predicted octanol–water partition coefficient (Wildman–Crippen LogP) is 3.01. The molecule has 1 fully saturated rings. The minimum absolute atomic E-state index is 0.155. The molecule has 1 aliphatic heterocycles. The van der Waals surface area contributed by atoms with Gasteiger partial charge in [0.05, 0.1) is 12.2 Å². The Morgan fingerprint density at radius 2 is 2.00 bits per heavy atom. The lowest BCUT2D eigenvalue weighted by molar-refractivity contribution is 0.0690. The summed E-state index contributed by atoms with van der Waals surface area (Å²) in [6.45, 7) is 10.7. The Hall–Kier alpha value is -2.14. The minimum atomic E-state index is 0.155. The maximum Gasteiger partial charge on any atom is 0.253 e. The lowest BCUT2D eigenvalue weighted by atomic mass is 9.96. The Labute approximate surface area is 156 Å². The molecule has 1 aromatic carbocycles. The average Bonchev–Trinajstić information content (AvgIpc) is 2.97. The highest BCUT2D eigenvalue weighted by molar-refractivity contribution is 5.94. The number of carbonyl (C=O) groups excluding carboxylic acids is 1. The Bertz CT molecular complexity index is 744. The van der Waals surface area contributed by atoms with Gasteiger partial charge in [-0.05, 0) is 69.5 Å². The van der Waals surface area contributed by atoms with Crippen LogP contribution in [-0.4, -0.2) is 46.8 Å². The number of likely N-dealkylation sites (tertiary alicyclic amines) is 1. The van der Waals surface area contributed by atoms with Crippen LogP contribution < -0.4 is 5.32 Å². The van der Waals surface area contributed by atoms with Gasteiger partial charge in [0.15, 0.2) is 0 Å². The molecule has 0 aliphatic carbocycles. The number of nitrogens with zero attached hydrogens (tertiary/aromatic N) is 3. The van der Waals surface area contributed by atoms with Gasteiger partial charge in [-0.25, -0.2) is 0 Å². The smallest absolute Gasteiger partial charge is 0.253 e. The van der Waals surface area contributed by atoms with E-state index >= 15 is 0 Å². The predicted molar refractivity (Wildman–Crippen MR) is 104 cm³/mol. The summed E-state index contributed by atoms with van der Waals surface area (Å²) in [6, 6.07) is 10.1. The molecule has 3 rings (SSSR count). The third-order valence-corrected chi connectivity index (χ3v) is 5.19. The molecule has 2 aromatic rings. The molecule has 0 atom stereocenters. The van der Waals surface area contributed by atoms with E-state index in [1.165, 1.54) is 0 Å². The van der Waals surface area contributed by atoms with Gasteiger partial charge in [0, 0.05) is 24.3 Å². The number of benzene rings is 1. The molecule has 0 spiro atoms. The van der Waals surface area contributed by atoms with Crippen molar-refractivity contribution >= 4 is 5.91 Å². The Morgan fingerprint density at radius 1 is 1.23 bits per heavy atom. The summed E-state index contributed by atoms with van der Waals surface area (Å²) in [4.78, 5) is 14.9. The monoisotopic (exact) mass is 354 g/mol. The fraction of sp³-hybridized carbons (Fsp3) is 0.524. The average molecular weight is 354 g/mol. The lowest BCUT2D eigenvalue weighted by Gasteiger charge is -2.32. The number of rotatable bonds is 6. The molecule has 0 radical (unpaired) electrons. The molecule has 1 N–H and O–H groups in total. The number of piperidine rings is 1. The van der Waals surface area contributed by atoms with E-state index in [1.807, 2.05) is 34.7 Å². The minimum Gasteiger partial charge on any atom is -0.339 e. The SMILES string of the molecule is CCNCC1CCN(C(=O)c2cccc(Cn3nc(C)cc3C)c2)CC1. The quantitative estimate of drug-likeness (QED) is 0.867. The van der Waals surface area contributed by atoms with E-state index in [4.69, 9.17) is 0 Å². The molecule has 0 unspecified atom stereocenters. The van der Waals surface area contributed by atoms with E-state index in [1.54, 1.807) is 0 Å². The summed E-state index contributed by atoms with van der Waals surface area (Å²) < 4.78 is 1.99. The first-order chi connectivity index (χ1) is 12.6. The topological polar surface area (TPSA) is 50.2 Å². The maximum atomic E-state index is 12.9. The van der Waals surface area contributed by atoms with Crippen LogP contribution in [0, 0.1) is 19.8 Å². The normalized spacial score (nSPS) is 15.4. The fourth-order valence-electron chi connectivity index (χ4n) is 3.68. The van der Waals surface area contributed by atoms with Crippen molar-refractivity contribution in [1.29, 1.82) is 0 Å². The molecule has 0 saturated carbocycles. The molecule has 1 aliphatic rings. The zero-order valence-electron chi connectivity index (χ0n) is 16.2. The highest BCUT2D eigenvalue weighted by atomic mass is 16.2. The van der Waals surface area contributed by atoms with Gasteiger partial charge in [0.2, 0.25) is 0 Å². The van der Waals surface area contributed by atoms with Crippen molar-refractivity contribution in [3.8, 4) is 0 Å². The molecule has 1 aromatic heterocycles. The van der Waals surface area contributed by atoms with E-state index in [9.17, 15) is 4.79 Å². The Kier molecular flexibility index (Phi) is 6.09. The van der Waals surface area contributed by atoms with Crippen LogP contribution in [0.3, 0.4) is 0 Å². The van der Waals surface area contributed by atoms with Crippen LogP contribution in [-0.2, 0) is 6.54 Å². The molecule has 1 saturated heterocycles. The van der Waals surface area contributed by atoms with E-state index in [0.717, 1.165) is 61.5 Å². The summed E-state index contributed by atoms with van der Waals surface area (Å²) in [6.07, 6.45) is 2.17. The Balaban J connectivity index is 1.63. The number of carbonyl (C=O) groups is 1. The van der Waals surface area contributed by atoms with Crippen molar-refractivity contribution in [2.45, 2.75) is 40.2 Å². The van der Waals surface area contributed by atoms with Gasteiger partial charge in [0.1, 0.15) is 0 Å². The van der Waals surface area contributed by atoms with Crippen molar-refractivity contribution in [2.24, 2.45) is 5.92 Å². The van der Waals surface area contributed by atoms with Crippen molar-refractivity contribution in [3.05, 3.63) is 52.8 Å². The second-order valence-electron chi connectivity index (χ2n) is 7.33. The van der Waals surface area contributed by atoms with Crippen LogP contribution >= 0.6 is 0 Å². The molecular formula is C21H30N4O. The molecule has 5 heteroatoms. The zero-order chi connectivity index (χ0) is 18.5. The van der Waals surface area contributed by atoms with Gasteiger partial charge in [0.25, 0.3) is 5.91 Å². The van der Waals surface area contributed by atoms with E-state index in [-0.39, 0.29) is 5.91 Å². The number of nitrogens with one attached hydrogen (secondary N) is 1. The van der Waals surface area contributed by atoms with Gasteiger partial charge in [-0.15, -0.1) is 0 Å². The number of hydrogen-bond acceptors (Lipinski definition) is 3. The zero-order valence-corrected chi connectivity index (χ0v) is 16.2. The van der Waals surface area contributed by atoms with Crippen LogP contribution in [0.25, 0.3) is 0 Å². The molecule has 140 valence electrons. The summed E-state index contributed by atoms with van der Waals surface area (Å²) >= 11 is 0. The lowest BCUT2D eigenvalue weighted by Crippen LogP contribution is -2.40.